The van der Waals surface area contributed by atoms with E-state index in [1.165, 1.54) is 7.05 Å². The van der Waals surface area contributed by atoms with Gasteiger partial charge in [-0.25, -0.2) is 9.59 Å². The quantitative estimate of drug-likeness (QED) is 0.768. The molecule has 0 saturated carbocycles. The van der Waals surface area contributed by atoms with E-state index in [1.807, 2.05) is 0 Å². The second kappa shape index (κ2) is 5.73. The summed E-state index contributed by atoms with van der Waals surface area (Å²) in [6, 6.07) is 6.24. The Balaban J connectivity index is 1.60. The van der Waals surface area contributed by atoms with Crippen LogP contribution >= 0.6 is 11.6 Å². The highest BCUT2D eigenvalue weighted by Crippen LogP contribution is 2.29. The monoisotopic (exact) mass is 336 g/mol. The van der Waals surface area contributed by atoms with E-state index in [0.29, 0.717) is 36.6 Å². The van der Waals surface area contributed by atoms with E-state index in [9.17, 15) is 14.4 Å². The van der Waals surface area contributed by atoms with Crippen molar-refractivity contribution < 1.29 is 14.4 Å². The van der Waals surface area contributed by atoms with Crippen LogP contribution in [0.15, 0.2) is 24.3 Å². The van der Waals surface area contributed by atoms with Crippen molar-refractivity contribution in [3.63, 3.8) is 0 Å². The number of amides is 5. The van der Waals surface area contributed by atoms with Crippen molar-refractivity contribution in [3.05, 3.63) is 29.3 Å². The molecule has 0 unspecified atom stereocenters. The van der Waals surface area contributed by atoms with Crippen molar-refractivity contribution in [2.75, 3.05) is 25.5 Å². The van der Waals surface area contributed by atoms with Crippen LogP contribution in [0.2, 0.25) is 5.02 Å². The third kappa shape index (κ3) is 2.84. The molecule has 8 heteroatoms. The summed E-state index contributed by atoms with van der Waals surface area (Å²) in [4.78, 5) is 38.8. The number of imide groups is 1. The molecule has 2 heterocycles. The number of likely N-dealkylation sites (tertiary alicyclic amines) is 1. The summed E-state index contributed by atoms with van der Waals surface area (Å²) in [5, 5.41) is 6.14. The van der Waals surface area contributed by atoms with Crippen LogP contribution in [0.5, 0.6) is 0 Å². The molecule has 0 bridgehead atoms. The van der Waals surface area contributed by atoms with Gasteiger partial charge in [0.2, 0.25) is 0 Å². The number of piperidine rings is 1. The smallest absolute Gasteiger partial charge is 0.324 e. The average Bonchev–Trinajstić information content (AvgIpc) is 2.74. The maximum Gasteiger partial charge on any atom is 0.324 e. The zero-order valence-electron chi connectivity index (χ0n) is 12.6. The molecule has 0 aromatic heterocycles. The Morgan fingerprint density at radius 2 is 1.83 bits per heavy atom. The first-order chi connectivity index (χ1) is 10.9. The van der Waals surface area contributed by atoms with Crippen LogP contribution in [0.25, 0.3) is 0 Å². The molecule has 1 spiro atoms. The first-order valence-electron chi connectivity index (χ1n) is 7.33. The third-order valence-electron chi connectivity index (χ3n) is 4.36. The Morgan fingerprint density at radius 3 is 2.35 bits per heavy atom. The highest BCUT2D eigenvalue weighted by molar-refractivity contribution is 6.30. The maximum absolute atomic E-state index is 12.3. The number of hydrogen-bond donors (Lipinski definition) is 2. The van der Waals surface area contributed by atoms with Crippen molar-refractivity contribution >= 4 is 35.3 Å². The number of rotatable bonds is 1. The number of carbonyl (C=O) groups is 3. The Bertz CT molecular complexity index is 653. The molecule has 2 saturated heterocycles. The average molecular weight is 337 g/mol. The molecule has 5 amide bonds. The van der Waals surface area contributed by atoms with E-state index in [2.05, 4.69) is 10.6 Å². The van der Waals surface area contributed by atoms with Gasteiger partial charge in [-0.15, -0.1) is 0 Å². The third-order valence-corrected chi connectivity index (χ3v) is 4.62. The molecule has 0 atom stereocenters. The van der Waals surface area contributed by atoms with E-state index in [4.69, 9.17) is 11.6 Å². The molecule has 1 aromatic carbocycles. The molecule has 0 aliphatic carbocycles. The molecule has 2 N–H and O–H groups in total. The zero-order chi connectivity index (χ0) is 16.6. The second-order valence-electron chi connectivity index (χ2n) is 5.80. The predicted octanol–water partition coefficient (Wildman–Crippen LogP) is 1.89. The largest absolute Gasteiger partial charge is 0.324 e. The molecule has 3 rings (SSSR count). The highest BCUT2D eigenvalue weighted by Gasteiger charge is 2.51. The Labute approximate surface area is 138 Å². The van der Waals surface area contributed by atoms with Crippen LogP contribution in [0.3, 0.4) is 0 Å². The van der Waals surface area contributed by atoms with Gasteiger partial charge in [-0.05, 0) is 37.1 Å². The fraction of sp³-hybridized carbons (Fsp3) is 0.400. The van der Waals surface area contributed by atoms with Crippen molar-refractivity contribution in [3.8, 4) is 0 Å². The number of halogens is 1. The van der Waals surface area contributed by atoms with Gasteiger partial charge in [0.1, 0.15) is 5.54 Å². The van der Waals surface area contributed by atoms with Crippen LogP contribution in [0.1, 0.15) is 12.8 Å². The molecule has 7 nitrogen and oxygen atoms in total. The van der Waals surface area contributed by atoms with E-state index in [0.717, 1.165) is 4.90 Å². The van der Waals surface area contributed by atoms with Gasteiger partial charge in [0.05, 0.1) is 0 Å². The van der Waals surface area contributed by atoms with Gasteiger partial charge in [0.25, 0.3) is 5.91 Å². The van der Waals surface area contributed by atoms with Gasteiger partial charge >= 0.3 is 12.1 Å². The topological polar surface area (TPSA) is 81.8 Å². The van der Waals surface area contributed by atoms with Crippen molar-refractivity contribution in [2.45, 2.75) is 18.4 Å². The first-order valence-corrected chi connectivity index (χ1v) is 7.71. The summed E-state index contributed by atoms with van der Waals surface area (Å²) >= 11 is 5.81. The Hall–Kier alpha value is -2.28. The molecule has 1 aromatic rings. The molecule has 2 aliphatic rings. The minimum absolute atomic E-state index is 0.222. The first kappa shape index (κ1) is 15.6. The van der Waals surface area contributed by atoms with Gasteiger partial charge in [-0.1, -0.05) is 11.6 Å². The number of nitrogens with zero attached hydrogens (tertiary/aromatic N) is 2. The number of anilines is 1. The van der Waals surface area contributed by atoms with E-state index >= 15 is 0 Å². The second-order valence-corrected chi connectivity index (χ2v) is 6.24. The lowest BCUT2D eigenvalue weighted by Crippen LogP contribution is -2.56. The number of carbonyl (C=O) groups excluding carboxylic acids is 3. The van der Waals surface area contributed by atoms with E-state index < -0.39 is 5.54 Å². The summed E-state index contributed by atoms with van der Waals surface area (Å²) in [6.07, 6.45) is 0.825. The predicted molar refractivity (Wildman–Crippen MR) is 85.3 cm³/mol. The van der Waals surface area contributed by atoms with Gasteiger partial charge in [-0.2, -0.15) is 0 Å². The van der Waals surface area contributed by atoms with E-state index in [1.54, 1.807) is 29.2 Å². The zero-order valence-corrected chi connectivity index (χ0v) is 13.4. The minimum atomic E-state index is -0.858. The van der Waals surface area contributed by atoms with Crippen LogP contribution in [-0.4, -0.2) is 53.4 Å². The van der Waals surface area contributed by atoms with Crippen LogP contribution in [-0.2, 0) is 4.79 Å². The number of nitrogens with one attached hydrogen (secondary N) is 2. The maximum atomic E-state index is 12.3. The van der Waals surface area contributed by atoms with Gasteiger partial charge in [-0.3, -0.25) is 9.69 Å². The van der Waals surface area contributed by atoms with Crippen LogP contribution in [0.4, 0.5) is 15.3 Å². The lowest BCUT2D eigenvalue weighted by Gasteiger charge is -2.37. The summed E-state index contributed by atoms with van der Waals surface area (Å²) in [6.45, 7) is 0.804. The molecular weight excluding hydrogens is 320 g/mol. The molecule has 2 aliphatic heterocycles. The highest BCUT2D eigenvalue weighted by atomic mass is 35.5. The number of hydrogen-bond acceptors (Lipinski definition) is 3. The lowest BCUT2D eigenvalue weighted by atomic mass is 9.87. The van der Waals surface area contributed by atoms with Crippen molar-refractivity contribution in [1.29, 1.82) is 0 Å². The fourth-order valence-electron chi connectivity index (χ4n) is 2.92. The number of benzene rings is 1. The fourth-order valence-corrected chi connectivity index (χ4v) is 3.05. The molecule has 122 valence electrons. The SMILES string of the molecule is CN1C(=O)NC2(CCN(C(=O)Nc3ccc(Cl)cc3)CC2)C1=O. The van der Waals surface area contributed by atoms with Gasteiger partial charge < -0.3 is 15.5 Å². The summed E-state index contributed by atoms with van der Waals surface area (Å²) in [5.41, 5.74) is -0.201. The Kier molecular flexibility index (Phi) is 3.89. The standard InChI is InChI=1S/C15H17ClN4O3/c1-19-12(21)15(18-14(19)23)6-8-20(9-7-15)13(22)17-11-4-2-10(16)3-5-11/h2-5H,6-9H2,1H3,(H,17,22)(H,18,23). The minimum Gasteiger partial charge on any atom is -0.324 e. The van der Waals surface area contributed by atoms with Crippen LogP contribution < -0.4 is 10.6 Å². The molecule has 2 fully saturated rings. The van der Waals surface area contributed by atoms with Gasteiger partial charge in [0.15, 0.2) is 0 Å². The number of likely N-dealkylation sites (N-methyl/N-ethyl adjacent to an activating group) is 1. The summed E-state index contributed by atoms with van der Waals surface area (Å²) in [7, 11) is 1.46. The van der Waals surface area contributed by atoms with Crippen molar-refractivity contribution in [1.82, 2.24) is 15.1 Å². The molecule has 23 heavy (non-hydrogen) atoms. The van der Waals surface area contributed by atoms with Crippen LogP contribution in [0, 0.1) is 0 Å². The Morgan fingerprint density at radius 1 is 1.22 bits per heavy atom. The van der Waals surface area contributed by atoms with Gasteiger partial charge in [0, 0.05) is 30.8 Å². The normalized spacial score (nSPS) is 19.9. The molecule has 0 radical (unpaired) electrons. The summed E-state index contributed by atoms with van der Waals surface area (Å²) in [5.74, 6) is -0.222. The summed E-state index contributed by atoms with van der Waals surface area (Å²) < 4.78 is 0. The van der Waals surface area contributed by atoms with E-state index in [-0.39, 0.29) is 18.0 Å². The van der Waals surface area contributed by atoms with Crippen molar-refractivity contribution in [2.24, 2.45) is 0 Å². The molecular formula is C15H17ClN4O3. The number of urea groups is 2. The lowest BCUT2D eigenvalue weighted by molar-refractivity contribution is -0.131.